The van der Waals surface area contributed by atoms with Gasteiger partial charge in [-0.3, -0.25) is 9.78 Å². The maximum Gasteiger partial charge on any atom is 0.347 e. The number of ether oxygens (including phenoxy) is 1. The molecular weight excluding hydrogens is 206 g/mol. The highest BCUT2D eigenvalue weighted by Crippen LogP contribution is 2.24. The van der Waals surface area contributed by atoms with Crippen molar-refractivity contribution < 1.29 is 14.9 Å². The Morgan fingerprint density at radius 1 is 1.47 bits per heavy atom. The van der Waals surface area contributed by atoms with E-state index < -0.39 is 29.7 Å². The number of aliphatic hydroxyl groups is 2. The summed E-state index contributed by atoms with van der Waals surface area (Å²) in [6.07, 6.45) is -2.72. The van der Waals surface area contributed by atoms with Crippen molar-refractivity contribution in [2.45, 2.75) is 18.4 Å². The van der Waals surface area contributed by atoms with Crippen LogP contribution in [0.2, 0.25) is 0 Å². The highest BCUT2D eigenvalue weighted by Gasteiger charge is 2.37. The molecule has 0 aromatic carbocycles. The molecule has 8 nitrogen and oxygen atoms in total. The molecule has 3 atom stereocenters. The minimum Gasteiger partial charge on any atom is -0.387 e. The molecule has 1 fully saturated rings. The first-order valence-corrected chi connectivity index (χ1v) is 4.12. The molecule has 1 saturated heterocycles. The van der Waals surface area contributed by atoms with Crippen molar-refractivity contribution >= 4 is 0 Å². The fraction of sp³-hybridized carbons (Fsp3) is 0.429. The summed E-state index contributed by atoms with van der Waals surface area (Å²) >= 11 is 0. The number of aliphatic hydroxyl groups excluding tert-OH is 2. The standard InChI is InChI=1S/C7H8N3O5/c11-3-2-15-6(5(3)13)10-7(14)9-4(12)1-8-10/h1-3,5-6,11,13H,(H,9,12,14)/t3-,5+,6+/m0/s1. The summed E-state index contributed by atoms with van der Waals surface area (Å²) < 4.78 is 5.59. The summed E-state index contributed by atoms with van der Waals surface area (Å²) in [6.45, 7) is 0.995. The Kier molecular flexibility index (Phi) is 2.39. The van der Waals surface area contributed by atoms with Crippen LogP contribution in [0.3, 0.4) is 0 Å². The van der Waals surface area contributed by atoms with Crippen molar-refractivity contribution in [1.82, 2.24) is 14.8 Å². The molecule has 0 unspecified atom stereocenters. The third-order valence-electron chi connectivity index (χ3n) is 1.98. The van der Waals surface area contributed by atoms with E-state index in [1.807, 2.05) is 4.98 Å². The van der Waals surface area contributed by atoms with Gasteiger partial charge in [-0.25, -0.2) is 4.79 Å². The quantitative estimate of drug-likeness (QED) is 0.469. The lowest BCUT2D eigenvalue weighted by molar-refractivity contribution is -0.0248. The highest BCUT2D eigenvalue weighted by molar-refractivity contribution is 4.88. The van der Waals surface area contributed by atoms with Crippen LogP contribution in [0.25, 0.3) is 0 Å². The van der Waals surface area contributed by atoms with Crippen LogP contribution in [0.4, 0.5) is 0 Å². The summed E-state index contributed by atoms with van der Waals surface area (Å²) in [4.78, 5) is 23.9. The number of nitrogens with zero attached hydrogens (tertiary/aromatic N) is 2. The summed E-state index contributed by atoms with van der Waals surface area (Å²) in [5, 5.41) is 22.0. The van der Waals surface area contributed by atoms with Gasteiger partial charge >= 0.3 is 5.69 Å². The van der Waals surface area contributed by atoms with Gasteiger partial charge in [-0.15, -0.1) is 0 Å². The Labute approximate surface area is 82.7 Å². The van der Waals surface area contributed by atoms with Gasteiger partial charge in [-0.05, 0) is 0 Å². The van der Waals surface area contributed by atoms with Crippen LogP contribution in [0.5, 0.6) is 0 Å². The molecule has 81 valence electrons. The van der Waals surface area contributed by atoms with Gasteiger partial charge in [-0.1, -0.05) is 0 Å². The predicted molar refractivity (Wildman–Crippen MR) is 45.6 cm³/mol. The minimum atomic E-state index is -1.29. The first kappa shape index (κ1) is 10.0. The maximum atomic E-state index is 11.2. The van der Waals surface area contributed by atoms with Crippen molar-refractivity contribution in [2.75, 3.05) is 0 Å². The van der Waals surface area contributed by atoms with E-state index >= 15 is 0 Å². The van der Waals surface area contributed by atoms with E-state index in [-0.39, 0.29) is 0 Å². The largest absolute Gasteiger partial charge is 0.387 e. The molecule has 1 aromatic rings. The van der Waals surface area contributed by atoms with Crippen molar-refractivity contribution in [3.05, 3.63) is 33.6 Å². The molecular formula is C7H8N3O5. The monoisotopic (exact) mass is 214 g/mol. The number of H-pyrrole nitrogens is 1. The van der Waals surface area contributed by atoms with Gasteiger partial charge in [0.2, 0.25) is 0 Å². The van der Waals surface area contributed by atoms with E-state index in [1.54, 1.807) is 0 Å². The average molecular weight is 214 g/mol. The Bertz CT molecular complexity index is 466. The fourth-order valence-electron chi connectivity index (χ4n) is 1.24. The molecule has 3 N–H and O–H groups in total. The lowest BCUT2D eigenvalue weighted by Gasteiger charge is -2.14. The van der Waals surface area contributed by atoms with Crippen molar-refractivity contribution in [3.8, 4) is 0 Å². The second-order valence-corrected chi connectivity index (χ2v) is 3.03. The van der Waals surface area contributed by atoms with E-state index in [9.17, 15) is 14.7 Å². The van der Waals surface area contributed by atoms with Crippen LogP contribution in [0.15, 0.2) is 15.8 Å². The van der Waals surface area contributed by atoms with Crippen LogP contribution in [0, 0.1) is 6.61 Å². The highest BCUT2D eigenvalue weighted by atomic mass is 16.5. The molecule has 1 aliphatic heterocycles. The van der Waals surface area contributed by atoms with Crippen molar-refractivity contribution in [2.24, 2.45) is 0 Å². The van der Waals surface area contributed by atoms with Crippen molar-refractivity contribution in [1.29, 1.82) is 0 Å². The summed E-state index contributed by atoms with van der Waals surface area (Å²) in [5.74, 6) is 0. The molecule has 0 amide bonds. The lowest BCUT2D eigenvalue weighted by Crippen LogP contribution is -2.39. The molecule has 2 heterocycles. The smallest absolute Gasteiger partial charge is 0.347 e. The molecule has 1 aromatic heterocycles. The van der Waals surface area contributed by atoms with E-state index in [2.05, 4.69) is 5.10 Å². The van der Waals surface area contributed by atoms with Crippen LogP contribution in [0.1, 0.15) is 6.23 Å². The number of aromatic amines is 1. The van der Waals surface area contributed by atoms with Gasteiger partial charge in [0.05, 0.1) is 0 Å². The van der Waals surface area contributed by atoms with E-state index in [1.165, 1.54) is 0 Å². The second-order valence-electron chi connectivity index (χ2n) is 3.03. The third kappa shape index (κ3) is 1.69. The van der Waals surface area contributed by atoms with E-state index in [0.29, 0.717) is 0 Å². The van der Waals surface area contributed by atoms with Crippen LogP contribution < -0.4 is 11.2 Å². The van der Waals surface area contributed by atoms with Crippen LogP contribution >= 0.6 is 0 Å². The zero-order chi connectivity index (χ0) is 11.0. The third-order valence-corrected chi connectivity index (χ3v) is 1.98. The summed E-state index contributed by atoms with van der Waals surface area (Å²) in [7, 11) is 0. The SMILES string of the molecule is O=c1cnn([C@@H]2O[CH][C@H](O)[C@H]2O)c(=O)[nH]1. The molecule has 1 radical (unpaired) electrons. The fourth-order valence-corrected chi connectivity index (χ4v) is 1.24. The Morgan fingerprint density at radius 3 is 2.73 bits per heavy atom. The molecule has 0 saturated carbocycles. The number of aromatic nitrogens is 3. The molecule has 8 heteroatoms. The van der Waals surface area contributed by atoms with Gasteiger partial charge in [0.15, 0.2) is 6.23 Å². The second kappa shape index (κ2) is 3.57. The first-order chi connectivity index (χ1) is 7.09. The summed E-state index contributed by atoms with van der Waals surface area (Å²) in [6, 6.07) is 0. The predicted octanol–water partition coefficient (Wildman–Crippen LogP) is -2.66. The number of nitrogens with one attached hydrogen (secondary N) is 1. The van der Waals surface area contributed by atoms with Gasteiger partial charge in [0, 0.05) is 0 Å². The van der Waals surface area contributed by atoms with Gasteiger partial charge in [0.25, 0.3) is 5.56 Å². The van der Waals surface area contributed by atoms with Crippen molar-refractivity contribution in [3.63, 3.8) is 0 Å². The molecule has 1 aliphatic rings. The average Bonchev–Trinajstić information content (AvgIpc) is 2.49. The molecule has 15 heavy (non-hydrogen) atoms. The summed E-state index contributed by atoms with van der Waals surface area (Å²) in [5.41, 5.74) is -1.46. The van der Waals surface area contributed by atoms with Gasteiger partial charge < -0.3 is 14.9 Å². The van der Waals surface area contributed by atoms with Crippen LogP contribution in [-0.2, 0) is 4.74 Å². The number of rotatable bonds is 1. The van der Waals surface area contributed by atoms with Crippen LogP contribution in [-0.4, -0.2) is 37.2 Å². The Balaban J connectivity index is 2.39. The Morgan fingerprint density at radius 2 is 2.20 bits per heavy atom. The molecule has 0 spiro atoms. The number of hydrogen-bond acceptors (Lipinski definition) is 6. The van der Waals surface area contributed by atoms with Gasteiger partial charge in [-0.2, -0.15) is 9.78 Å². The van der Waals surface area contributed by atoms with E-state index in [0.717, 1.165) is 17.5 Å². The maximum absolute atomic E-state index is 11.2. The zero-order valence-electron chi connectivity index (χ0n) is 7.40. The topological polar surface area (TPSA) is 117 Å². The van der Waals surface area contributed by atoms with E-state index in [4.69, 9.17) is 9.84 Å². The zero-order valence-corrected chi connectivity index (χ0v) is 7.40. The Hall–Kier alpha value is -1.51. The first-order valence-electron chi connectivity index (χ1n) is 4.12. The normalized spacial score (nSPS) is 30.7. The lowest BCUT2D eigenvalue weighted by atomic mass is 10.2. The molecule has 0 aliphatic carbocycles. The molecule has 2 rings (SSSR count). The number of hydrogen-bond donors (Lipinski definition) is 3. The van der Waals surface area contributed by atoms with Gasteiger partial charge in [0.1, 0.15) is 25.0 Å². The minimum absolute atomic E-state index is 0.645. The molecule has 0 bridgehead atoms.